The molecule has 0 unspecified atom stereocenters. The number of carbonyl (C=O) groups excluding carboxylic acids is 2. The quantitative estimate of drug-likeness (QED) is 0.582. The van der Waals surface area contributed by atoms with Crippen LogP contribution in [0, 0.1) is 0 Å². The molecule has 8 heteroatoms. The molecule has 2 N–H and O–H groups in total. The number of rotatable bonds is 6. The smallest absolute Gasteiger partial charge is 0.328 e. The summed E-state index contributed by atoms with van der Waals surface area (Å²) in [4.78, 5) is 35.2. The van der Waals surface area contributed by atoms with Crippen LogP contribution < -0.4 is 10.1 Å². The summed E-state index contributed by atoms with van der Waals surface area (Å²) in [7, 11) is 2.93. The molecule has 3 aromatic rings. The van der Waals surface area contributed by atoms with Crippen LogP contribution in [0.2, 0.25) is 0 Å². The fraction of sp³-hybridized carbons (Fsp3) is 0.292. The molecule has 0 radical (unpaired) electrons. The minimum Gasteiger partial charge on any atom is -0.497 e. The summed E-state index contributed by atoms with van der Waals surface area (Å²) in [5.41, 5.74) is 3.65. The Bertz CT molecular complexity index is 1070. The molecule has 0 bridgehead atoms. The molecule has 0 aliphatic carbocycles. The first-order valence-corrected chi connectivity index (χ1v) is 10.5. The van der Waals surface area contributed by atoms with Crippen molar-refractivity contribution in [2.24, 2.45) is 0 Å². The van der Waals surface area contributed by atoms with Crippen LogP contribution in [0.25, 0.3) is 0 Å². The van der Waals surface area contributed by atoms with Crippen molar-refractivity contribution in [1.82, 2.24) is 20.2 Å². The first-order chi connectivity index (χ1) is 15.6. The number of H-pyrrole nitrogens is 1. The van der Waals surface area contributed by atoms with Crippen LogP contribution in [-0.4, -0.2) is 53.7 Å². The van der Waals surface area contributed by atoms with Gasteiger partial charge in [-0.2, -0.15) is 0 Å². The number of hydrogen-bond acceptors (Lipinski definition) is 5. The number of carbonyl (C=O) groups is 2. The number of aromatic nitrogens is 2. The van der Waals surface area contributed by atoms with Crippen molar-refractivity contribution in [3.05, 3.63) is 83.4 Å². The van der Waals surface area contributed by atoms with E-state index in [1.54, 1.807) is 18.3 Å². The van der Waals surface area contributed by atoms with Gasteiger partial charge in [-0.25, -0.2) is 14.6 Å². The van der Waals surface area contributed by atoms with Gasteiger partial charge in [0.05, 0.1) is 26.2 Å². The second-order valence-corrected chi connectivity index (χ2v) is 7.60. The largest absolute Gasteiger partial charge is 0.497 e. The first kappa shape index (κ1) is 21.4. The summed E-state index contributed by atoms with van der Waals surface area (Å²) >= 11 is 0. The molecule has 0 saturated heterocycles. The van der Waals surface area contributed by atoms with E-state index in [1.807, 2.05) is 54.6 Å². The third kappa shape index (κ3) is 4.44. The molecule has 8 nitrogen and oxygen atoms in total. The van der Waals surface area contributed by atoms with Gasteiger partial charge >= 0.3 is 12.0 Å². The number of nitrogens with zero attached hydrogens (tertiary/aromatic N) is 2. The highest BCUT2D eigenvalue weighted by Gasteiger charge is 2.35. The van der Waals surface area contributed by atoms with Gasteiger partial charge in [-0.15, -0.1) is 0 Å². The molecule has 1 aromatic heterocycles. The molecule has 4 rings (SSSR count). The SMILES string of the molecule is COC(=O)[C@@H](Cc1ccccc1)NC(=O)N1CCc2[nH]cnc2[C@H]1c1ccc(OC)cc1. The average Bonchev–Trinajstić information content (AvgIpc) is 3.32. The van der Waals surface area contributed by atoms with Crippen LogP contribution >= 0.6 is 0 Å². The number of nitrogens with one attached hydrogen (secondary N) is 2. The number of methoxy groups -OCH3 is 2. The van der Waals surface area contributed by atoms with E-state index in [1.165, 1.54) is 7.11 Å². The lowest BCUT2D eigenvalue weighted by Gasteiger charge is -2.36. The summed E-state index contributed by atoms with van der Waals surface area (Å²) in [5.74, 6) is 0.247. The third-order valence-electron chi connectivity index (χ3n) is 5.68. The summed E-state index contributed by atoms with van der Waals surface area (Å²) in [5, 5.41) is 2.88. The van der Waals surface area contributed by atoms with Gasteiger partial charge < -0.3 is 24.7 Å². The molecule has 2 atom stereocenters. The molecule has 32 heavy (non-hydrogen) atoms. The molecular formula is C24H26N4O4. The Kier molecular flexibility index (Phi) is 6.39. The minimum absolute atomic E-state index is 0.341. The Labute approximate surface area is 186 Å². The fourth-order valence-corrected chi connectivity index (χ4v) is 4.04. The van der Waals surface area contributed by atoms with E-state index in [2.05, 4.69) is 15.3 Å². The van der Waals surface area contributed by atoms with E-state index in [9.17, 15) is 9.59 Å². The van der Waals surface area contributed by atoms with Gasteiger partial charge in [0.1, 0.15) is 17.8 Å². The van der Waals surface area contributed by atoms with Gasteiger partial charge in [0.15, 0.2) is 0 Å². The van der Waals surface area contributed by atoms with Crippen LogP contribution in [0.4, 0.5) is 4.79 Å². The van der Waals surface area contributed by atoms with Crippen molar-refractivity contribution < 1.29 is 19.1 Å². The topological polar surface area (TPSA) is 96.6 Å². The van der Waals surface area contributed by atoms with E-state index in [0.29, 0.717) is 19.4 Å². The lowest BCUT2D eigenvalue weighted by Crippen LogP contribution is -2.52. The molecule has 1 aliphatic heterocycles. The molecular weight excluding hydrogens is 408 g/mol. The highest BCUT2D eigenvalue weighted by Crippen LogP contribution is 2.34. The van der Waals surface area contributed by atoms with Crippen molar-refractivity contribution in [3.8, 4) is 5.75 Å². The number of urea groups is 1. The molecule has 0 saturated carbocycles. The van der Waals surface area contributed by atoms with Gasteiger partial charge in [-0.3, -0.25) is 0 Å². The van der Waals surface area contributed by atoms with Crippen LogP contribution in [0.1, 0.15) is 28.6 Å². The van der Waals surface area contributed by atoms with Gasteiger partial charge in [-0.1, -0.05) is 42.5 Å². The molecule has 166 valence electrons. The van der Waals surface area contributed by atoms with Crippen molar-refractivity contribution >= 4 is 12.0 Å². The Morgan fingerprint density at radius 1 is 1.16 bits per heavy atom. The number of esters is 1. The van der Waals surface area contributed by atoms with E-state index in [-0.39, 0.29) is 12.1 Å². The molecule has 1 aliphatic rings. The zero-order valence-electron chi connectivity index (χ0n) is 18.1. The standard InChI is InChI=1S/C24H26N4O4/c1-31-18-10-8-17(9-11-18)22-21-19(25-15-26-21)12-13-28(22)24(30)27-20(23(29)32-2)14-16-6-4-3-5-7-16/h3-11,15,20,22H,12-14H2,1-2H3,(H,25,26)(H,27,30)/t20-,22-/m1/s1. The van der Waals surface area contributed by atoms with Crippen molar-refractivity contribution in [3.63, 3.8) is 0 Å². The number of hydrogen-bond donors (Lipinski definition) is 2. The Balaban J connectivity index is 1.60. The van der Waals surface area contributed by atoms with Crippen LogP contribution in [-0.2, 0) is 22.4 Å². The van der Waals surface area contributed by atoms with E-state index < -0.39 is 12.0 Å². The predicted molar refractivity (Wildman–Crippen MR) is 118 cm³/mol. The summed E-state index contributed by atoms with van der Waals surface area (Å²) in [6, 6.07) is 15.6. The molecule has 0 spiro atoms. The summed E-state index contributed by atoms with van der Waals surface area (Å²) in [6.07, 6.45) is 2.64. The predicted octanol–water partition coefficient (Wildman–Crippen LogP) is 2.86. The fourth-order valence-electron chi connectivity index (χ4n) is 4.04. The number of aromatic amines is 1. The summed E-state index contributed by atoms with van der Waals surface area (Å²) in [6.45, 7) is 0.483. The maximum atomic E-state index is 13.4. The average molecular weight is 434 g/mol. The third-order valence-corrected chi connectivity index (χ3v) is 5.68. The van der Waals surface area contributed by atoms with E-state index in [0.717, 1.165) is 28.3 Å². The number of ether oxygens (including phenoxy) is 2. The minimum atomic E-state index is -0.799. The Hall–Kier alpha value is -3.81. The molecule has 2 heterocycles. The zero-order chi connectivity index (χ0) is 22.5. The van der Waals surface area contributed by atoms with Gasteiger partial charge in [0.2, 0.25) is 0 Å². The van der Waals surface area contributed by atoms with Crippen molar-refractivity contribution in [2.45, 2.75) is 24.9 Å². The van der Waals surface area contributed by atoms with Crippen LogP contribution in [0.3, 0.4) is 0 Å². The highest BCUT2D eigenvalue weighted by molar-refractivity contribution is 5.84. The Morgan fingerprint density at radius 2 is 1.91 bits per heavy atom. The number of imidazole rings is 1. The maximum absolute atomic E-state index is 13.4. The summed E-state index contributed by atoms with van der Waals surface area (Å²) < 4.78 is 10.2. The van der Waals surface area contributed by atoms with Crippen LogP contribution in [0.5, 0.6) is 5.75 Å². The van der Waals surface area contributed by atoms with E-state index >= 15 is 0 Å². The highest BCUT2D eigenvalue weighted by atomic mass is 16.5. The monoisotopic (exact) mass is 434 g/mol. The zero-order valence-corrected chi connectivity index (χ0v) is 18.1. The number of benzene rings is 2. The van der Waals surface area contributed by atoms with Gasteiger partial charge in [0.25, 0.3) is 0 Å². The lowest BCUT2D eigenvalue weighted by molar-refractivity contribution is -0.142. The van der Waals surface area contributed by atoms with Gasteiger partial charge in [0, 0.05) is 25.1 Å². The molecule has 0 fully saturated rings. The van der Waals surface area contributed by atoms with Crippen molar-refractivity contribution in [1.29, 1.82) is 0 Å². The number of amides is 2. The normalized spacial score (nSPS) is 16.1. The Morgan fingerprint density at radius 3 is 2.59 bits per heavy atom. The second kappa shape index (κ2) is 9.55. The second-order valence-electron chi connectivity index (χ2n) is 7.60. The molecule has 2 amide bonds. The first-order valence-electron chi connectivity index (χ1n) is 10.5. The van der Waals surface area contributed by atoms with Gasteiger partial charge in [-0.05, 0) is 23.3 Å². The van der Waals surface area contributed by atoms with Crippen LogP contribution in [0.15, 0.2) is 60.9 Å². The molecule has 2 aromatic carbocycles. The lowest BCUT2D eigenvalue weighted by atomic mass is 9.96. The van der Waals surface area contributed by atoms with Crippen molar-refractivity contribution in [2.75, 3.05) is 20.8 Å². The van der Waals surface area contributed by atoms with E-state index in [4.69, 9.17) is 9.47 Å². The number of fused-ring (bicyclic) bond motifs is 1. The maximum Gasteiger partial charge on any atom is 0.328 e.